The molecule has 0 atom stereocenters. The van der Waals surface area contributed by atoms with Crippen LogP contribution in [0.3, 0.4) is 0 Å². The number of rotatable bonds is 1. The molecular weight excluding hydrogens is 308 g/mol. The summed E-state index contributed by atoms with van der Waals surface area (Å²) < 4.78 is 5.66. The number of phenolic OH excluding ortho intramolecular Hbond substituents is 1. The molecule has 0 amide bonds. The highest BCUT2D eigenvalue weighted by Crippen LogP contribution is 2.41. The van der Waals surface area contributed by atoms with Crippen LogP contribution in [-0.2, 0) is 12.8 Å². The molecule has 4 nitrogen and oxygen atoms in total. The SMILES string of the molecule is Nc1cc(-c2cc3c(c(Br)c2O)CCCCC3)no1. The number of nitrogens with zero attached hydrogens (tertiary/aromatic N) is 1. The first-order chi connectivity index (χ1) is 9.16. The zero-order valence-corrected chi connectivity index (χ0v) is 12.0. The Morgan fingerprint density at radius 3 is 2.74 bits per heavy atom. The van der Waals surface area contributed by atoms with Gasteiger partial charge in [-0.2, -0.15) is 0 Å². The van der Waals surface area contributed by atoms with Crippen LogP contribution >= 0.6 is 15.9 Å². The Hall–Kier alpha value is -1.49. The second-order valence-corrected chi connectivity index (χ2v) is 5.69. The summed E-state index contributed by atoms with van der Waals surface area (Å²) in [4.78, 5) is 0. The fourth-order valence-electron chi connectivity index (χ4n) is 2.63. The minimum Gasteiger partial charge on any atom is -0.506 e. The van der Waals surface area contributed by atoms with Crippen molar-refractivity contribution in [3.8, 4) is 17.0 Å². The first kappa shape index (κ1) is 12.5. The number of hydrogen-bond donors (Lipinski definition) is 2. The van der Waals surface area contributed by atoms with Gasteiger partial charge in [-0.1, -0.05) is 11.6 Å². The van der Waals surface area contributed by atoms with Crippen LogP contribution in [0.15, 0.2) is 21.1 Å². The molecule has 0 saturated carbocycles. The fraction of sp³-hybridized carbons (Fsp3) is 0.357. The average molecular weight is 323 g/mol. The van der Waals surface area contributed by atoms with E-state index >= 15 is 0 Å². The molecule has 19 heavy (non-hydrogen) atoms. The van der Waals surface area contributed by atoms with Crippen LogP contribution in [0.2, 0.25) is 0 Å². The van der Waals surface area contributed by atoms with Crippen LogP contribution in [0.1, 0.15) is 30.4 Å². The summed E-state index contributed by atoms with van der Waals surface area (Å²) in [7, 11) is 0. The minimum atomic E-state index is 0.217. The lowest BCUT2D eigenvalue weighted by Crippen LogP contribution is -1.95. The van der Waals surface area contributed by atoms with Gasteiger partial charge in [-0.25, -0.2) is 0 Å². The smallest absolute Gasteiger partial charge is 0.222 e. The Bertz CT molecular complexity index is 622. The third-order valence-corrected chi connectivity index (χ3v) is 4.47. The maximum absolute atomic E-state index is 10.3. The highest BCUT2D eigenvalue weighted by molar-refractivity contribution is 9.10. The van der Waals surface area contributed by atoms with E-state index in [1.54, 1.807) is 6.07 Å². The molecule has 0 aliphatic heterocycles. The summed E-state index contributed by atoms with van der Waals surface area (Å²) in [5, 5.41) is 14.2. The molecule has 0 spiro atoms. The lowest BCUT2D eigenvalue weighted by atomic mass is 9.97. The normalized spacial score (nSPS) is 15.0. The van der Waals surface area contributed by atoms with E-state index in [0.717, 1.165) is 17.3 Å². The van der Waals surface area contributed by atoms with E-state index < -0.39 is 0 Å². The zero-order chi connectivity index (χ0) is 13.4. The number of phenols is 1. The van der Waals surface area contributed by atoms with Crippen LogP contribution in [0.25, 0.3) is 11.3 Å². The van der Waals surface area contributed by atoms with Crippen LogP contribution in [0.5, 0.6) is 5.75 Å². The number of nitrogens with two attached hydrogens (primary N) is 1. The van der Waals surface area contributed by atoms with Crippen molar-refractivity contribution in [2.45, 2.75) is 32.1 Å². The topological polar surface area (TPSA) is 72.3 Å². The summed E-state index contributed by atoms with van der Waals surface area (Å²) in [6.07, 6.45) is 5.62. The second kappa shape index (κ2) is 4.89. The predicted molar refractivity (Wildman–Crippen MR) is 77.0 cm³/mol. The van der Waals surface area contributed by atoms with E-state index in [2.05, 4.69) is 21.1 Å². The number of anilines is 1. The van der Waals surface area contributed by atoms with Crippen molar-refractivity contribution in [3.05, 3.63) is 27.7 Å². The quantitative estimate of drug-likeness (QED) is 0.786. The molecule has 100 valence electrons. The first-order valence-electron chi connectivity index (χ1n) is 6.42. The number of hydrogen-bond acceptors (Lipinski definition) is 4. The number of aromatic hydroxyl groups is 1. The molecule has 0 unspecified atom stereocenters. The van der Waals surface area contributed by atoms with Gasteiger partial charge < -0.3 is 15.4 Å². The minimum absolute atomic E-state index is 0.217. The molecule has 1 aromatic carbocycles. The molecule has 2 aromatic rings. The highest BCUT2D eigenvalue weighted by atomic mass is 79.9. The molecule has 0 radical (unpaired) electrons. The van der Waals surface area contributed by atoms with Gasteiger partial charge in [-0.05, 0) is 58.8 Å². The molecule has 0 saturated heterocycles. The van der Waals surface area contributed by atoms with Crippen LogP contribution in [-0.4, -0.2) is 10.3 Å². The fourth-order valence-corrected chi connectivity index (χ4v) is 3.30. The van der Waals surface area contributed by atoms with Gasteiger partial charge in [-0.15, -0.1) is 0 Å². The Morgan fingerprint density at radius 2 is 2.00 bits per heavy atom. The van der Waals surface area contributed by atoms with Gasteiger partial charge in [0.1, 0.15) is 11.4 Å². The second-order valence-electron chi connectivity index (χ2n) is 4.90. The molecule has 1 aliphatic rings. The lowest BCUT2D eigenvalue weighted by molar-refractivity contribution is 0.437. The molecule has 3 N–H and O–H groups in total. The number of aryl methyl sites for hydroxylation is 1. The van der Waals surface area contributed by atoms with Crippen molar-refractivity contribution in [3.63, 3.8) is 0 Å². The summed E-state index contributed by atoms with van der Waals surface area (Å²) in [5.41, 5.74) is 9.28. The molecule has 1 heterocycles. The van der Waals surface area contributed by atoms with E-state index in [9.17, 15) is 5.11 Å². The zero-order valence-electron chi connectivity index (χ0n) is 10.4. The third-order valence-electron chi connectivity index (χ3n) is 3.61. The molecular formula is C14H15BrN2O2. The van der Waals surface area contributed by atoms with Crippen molar-refractivity contribution in [1.82, 2.24) is 5.16 Å². The van der Waals surface area contributed by atoms with Gasteiger partial charge in [-0.3, -0.25) is 0 Å². The summed E-state index contributed by atoms with van der Waals surface area (Å²) in [5.74, 6) is 0.467. The van der Waals surface area contributed by atoms with E-state index in [1.807, 2.05) is 6.07 Å². The van der Waals surface area contributed by atoms with Crippen LogP contribution in [0, 0.1) is 0 Å². The highest BCUT2D eigenvalue weighted by Gasteiger charge is 2.20. The van der Waals surface area contributed by atoms with Gasteiger partial charge >= 0.3 is 0 Å². The van der Waals surface area contributed by atoms with Crippen molar-refractivity contribution in [2.24, 2.45) is 0 Å². The summed E-state index contributed by atoms with van der Waals surface area (Å²) in [6, 6.07) is 3.64. The first-order valence-corrected chi connectivity index (χ1v) is 7.22. The molecule has 0 fully saturated rings. The van der Waals surface area contributed by atoms with E-state index in [4.69, 9.17) is 10.3 Å². The van der Waals surface area contributed by atoms with Crippen molar-refractivity contribution in [2.75, 3.05) is 5.73 Å². The standard InChI is InChI=1S/C14H15BrN2O2/c15-13-9-5-3-1-2-4-8(9)6-10(14(13)18)11-7-12(16)19-17-11/h6-7,18H,1-5,16H2. The molecule has 3 rings (SSSR count). The predicted octanol–water partition coefficient (Wildman–Crippen LogP) is 3.66. The maximum atomic E-state index is 10.3. The van der Waals surface area contributed by atoms with Crippen molar-refractivity contribution in [1.29, 1.82) is 0 Å². The molecule has 0 bridgehead atoms. The van der Waals surface area contributed by atoms with Gasteiger partial charge in [0.15, 0.2) is 0 Å². The maximum Gasteiger partial charge on any atom is 0.222 e. The Morgan fingerprint density at radius 1 is 1.21 bits per heavy atom. The Labute approximate surface area is 119 Å². The number of benzene rings is 1. The average Bonchev–Trinajstić information content (AvgIpc) is 2.69. The third kappa shape index (κ3) is 2.23. The van der Waals surface area contributed by atoms with Gasteiger partial charge in [0.05, 0.1) is 4.47 Å². The molecule has 1 aromatic heterocycles. The monoisotopic (exact) mass is 322 g/mol. The van der Waals surface area contributed by atoms with E-state index in [-0.39, 0.29) is 11.6 Å². The Kier molecular flexibility index (Phi) is 3.22. The number of fused-ring (bicyclic) bond motifs is 1. The van der Waals surface area contributed by atoms with Gasteiger partial charge in [0.2, 0.25) is 5.88 Å². The Balaban J connectivity index is 2.16. The van der Waals surface area contributed by atoms with Gasteiger partial charge in [0.25, 0.3) is 0 Å². The van der Waals surface area contributed by atoms with Crippen molar-refractivity contribution >= 4 is 21.8 Å². The number of halogens is 1. The van der Waals surface area contributed by atoms with Crippen LogP contribution in [0.4, 0.5) is 5.88 Å². The lowest BCUT2D eigenvalue weighted by Gasteiger charge is -2.13. The molecule has 5 heteroatoms. The van der Waals surface area contributed by atoms with Crippen molar-refractivity contribution < 1.29 is 9.63 Å². The summed E-state index contributed by atoms with van der Waals surface area (Å²) in [6.45, 7) is 0. The largest absolute Gasteiger partial charge is 0.506 e. The van der Waals surface area contributed by atoms with Gasteiger partial charge in [0, 0.05) is 11.6 Å². The van der Waals surface area contributed by atoms with E-state index in [1.165, 1.54) is 30.4 Å². The summed E-state index contributed by atoms with van der Waals surface area (Å²) >= 11 is 3.52. The number of nitrogen functional groups attached to an aromatic ring is 1. The molecule has 1 aliphatic carbocycles. The van der Waals surface area contributed by atoms with E-state index in [0.29, 0.717) is 11.3 Å². The van der Waals surface area contributed by atoms with Crippen LogP contribution < -0.4 is 5.73 Å². The number of aromatic nitrogens is 1.